The summed E-state index contributed by atoms with van der Waals surface area (Å²) in [5.41, 5.74) is 1.69. The standard InChI is InChI=1S/C29H26FN3O4S/c30-23-15-17-24(18-16-23)33(38(36,37)25-11-5-2-6-12-25)21-28(34)32-27-14-8-7-13-26(27)29(35)31-20-19-22-9-3-1-4-10-22/h1-18H,19-21H2,(H,31,35)(H,32,34). The second kappa shape index (κ2) is 12.2. The highest BCUT2D eigenvalue weighted by atomic mass is 32.2. The zero-order valence-corrected chi connectivity index (χ0v) is 21.2. The van der Waals surface area contributed by atoms with Gasteiger partial charge in [-0.25, -0.2) is 12.8 Å². The highest BCUT2D eigenvalue weighted by Crippen LogP contribution is 2.24. The van der Waals surface area contributed by atoms with Gasteiger partial charge in [0.15, 0.2) is 0 Å². The molecule has 0 radical (unpaired) electrons. The van der Waals surface area contributed by atoms with E-state index in [2.05, 4.69) is 10.6 Å². The SMILES string of the molecule is O=C(CN(c1ccc(F)cc1)S(=O)(=O)c1ccccc1)Nc1ccccc1C(=O)NCCc1ccccc1. The fourth-order valence-electron chi connectivity index (χ4n) is 3.81. The molecule has 4 aromatic rings. The lowest BCUT2D eigenvalue weighted by Crippen LogP contribution is -2.38. The zero-order valence-electron chi connectivity index (χ0n) is 20.4. The molecule has 9 heteroatoms. The second-order valence-corrected chi connectivity index (χ2v) is 10.2. The summed E-state index contributed by atoms with van der Waals surface area (Å²) in [7, 11) is -4.15. The van der Waals surface area contributed by atoms with Crippen molar-refractivity contribution < 1.29 is 22.4 Å². The van der Waals surface area contributed by atoms with Crippen LogP contribution in [-0.4, -0.2) is 33.3 Å². The van der Waals surface area contributed by atoms with E-state index >= 15 is 0 Å². The molecular weight excluding hydrogens is 505 g/mol. The molecule has 0 saturated heterocycles. The van der Waals surface area contributed by atoms with Gasteiger partial charge in [0.05, 0.1) is 21.8 Å². The van der Waals surface area contributed by atoms with E-state index in [1.807, 2.05) is 30.3 Å². The Balaban J connectivity index is 1.51. The van der Waals surface area contributed by atoms with Crippen LogP contribution in [0.3, 0.4) is 0 Å². The molecule has 38 heavy (non-hydrogen) atoms. The van der Waals surface area contributed by atoms with E-state index in [0.29, 0.717) is 13.0 Å². The van der Waals surface area contributed by atoms with Crippen LogP contribution >= 0.6 is 0 Å². The number of carbonyl (C=O) groups is 2. The minimum Gasteiger partial charge on any atom is -0.352 e. The molecule has 0 atom stereocenters. The van der Waals surface area contributed by atoms with Crippen LogP contribution in [0, 0.1) is 5.82 Å². The largest absolute Gasteiger partial charge is 0.352 e. The molecule has 194 valence electrons. The second-order valence-electron chi connectivity index (χ2n) is 8.39. The third-order valence-electron chi connectivity index (χ3n) is 5.72. The summed E-state index contributed by atoms with van der Waals surface area (Å²) >= 11 is 0. The minimum absolute atomic E-state index is 0.0182. The zero-order chi connectivity index (χ0) is 27.0. The quantitative estimate of drug-likeness (QED) is 0.312. The van der Waals surface area contributed by atoms with Gasteiger partial charge in [0.2, 0.25) is 5.91 Å². The van der Waals surface area contributed by atoms with Gasteiger partial charge in [-0.05, 0) is 60.5 Å². The van der Waals surface area contributed by atoms with Crippen molar-refractivity contribution in [2.45, 2.75) is 11.3 Å². The summed E-state index contributed by atoms with van der Waals surface area (Å²) in [6.45, 7) is -0.189. The molecule has 7 nitrogen and oxygen atoms in total. The van der Waals surface area contributed by atoms with Crippen molar-refractivity contribution >= 4 is 33.2 Å². The average molecular weight is 532 g/mol. The number of hydrogen-bond acceptors (Lipinski definition) is 4. The van der Waals surface area contributed by atoms with Crippen molar-refractivity contribution in [2.24, 2.45) is 0 Å². The predicted octanol–water partition coefficient (Wildman–Crippen LogP) is 4.63. The predicted molar refractivity (Wildman–Crippen MR) is 145 cm³/mol. The lowest BCUT2D eigenvalue weighted by Gasteiger charge is -2.24. The molecule has 0 aliphatic heterocycles. The Labute approximate surface area is 221 Å². The van der Waals surface area contributed by atoms with Gasteiger partial charge >= 0.3 is 0 Å². The van der Waals surface area contributed by atoms with Crippen LogP contribution in [0.25, 0.3) is 0 Å². The number of para-hydroxylation sites is 1. The lowest BCUT2D eigenvalue weighted by molar-refractivity contribution is -0.114. The first-order valence-electron chi connectivity index (χ1n) is 11.9. The van der Waals surface area contributed by atoms with Gasteiger partial charge in [-0.3, -0.25) is 13.9 Å². The Bertz CT molecular complexity index is 1500. The lowest BCUT2D eigenvalue weighted by atomic mass is 10.1. The van der Waals surface area contributed by atoms with Crippen molar-refractivity contribution in [1.29, 1.82) is 0 Å². The maximum absolute atomic E-state index is 13.5. The van der Waals surface area contributed by atoms with Gasteiger partial charge in [-0.2, -0.15) is 0 Å². The minimum atomic E-state index is -4.15. The van der Waals surface area contributed by atoms with Gasteiger partial charge < -0.3 is 10.6 Å². The van der Waals surface area contributed by atoms with Crippen molar-refractivity contribution in [3.05, 3.63) is 126 Å². The number of carbonyl (C=O) groups excluding carboxylic acids is 2. The molecule has 0 heterocycles. The van der Waals surface area contributed by atoms with E-state index in [9.17, 15) is 22.4 Å². The molecule has 0 fully saturated rings. The monoisotopic (exact) mass is 531 g/mol. The number of amides is 2. The van der Waals surface area contributed by atoms with Gasteiger partial charge in [-0.1, -0.05) is 60.7 Å². The smallest absolute Gasteiger partial charge is 0.264 e. The van der Waals surface area contributed by atoms with Gasteiger partial charge in [0, 0.05) is 6.54 Å². The number of nitrogens with one attached hydrogen (secondary N) is 2. The molecule has 0 spiro atoms. The molecule has 0 unspecified atom stereocenters. The van der Waals surface area contributed by atoms with Crippen LogP contribution in [-0.2, 0) is 21.2 Å². The number of anilines is 2. The molecule has 2 amide bonds. The van der Waals surface area contributed by atoms with Gasteiger partial charge in [0.25, 0.3) is 15.9 Å². The van der Waals surface area contributed by atoms with Crippen molar-refractivity contribution in [1.82, 2.24) is 5.32 Å². The molecule has 0 saturated carbocycles. The molecule has 2 N–H and O–H groups in total. The number of benzene rings is 4. The Hall–Kier alpha value is -4.50. The van der Waals surface area contributed by atoms with Gasteiger partial charge in [-0.15, -0.1) is 0 Å². The van der Waals surface area contributed by atoms with Crippen LogP contribution in [0.15, 0.2) is 114 Å². The van der Waals surface area contributed by atoms with Crippen molar-refractivity contribution in [3.63, 3.8) is 0 Å². The van der Waals surface area contributed by atoms with Gasteiger partial charge in [0.1, 0.15) is 12.4 Å². The molecule has 0 aromatic heterocycles. The fourth-order valence-corrected chi connectivity index (χ4v) is 5.25. The summed E-state index contributed by atoms with van der Waals surface area (Å²) in [5.74, 6) is -1.58. The first-order valence-corrected chi connectivity index (χ1v) is 13.3. The first kappa shape index (κ1) is 26.6. The van der Waals surface area contributed by atoms with Crippen LogP contribution in [0.2, 0.25) is 0 Å². The maximum Gasteiger partial charge on any atom is 0.264 e. The van der Waals surface area contributed by atoms with Crippen molar-refractivity contribution in [3.8, 4) is 0 Å². The van der Waals surface area contributed by atoms with E-state index in [1.54, 1.807) is 42.5 Å². The Morgan fingerprint density at radius 3 is 2.05 bits per heavy atom. The Morgan fingerprint density at radius 2 is 1.37 bits per heavy atom. The van der Waals surface area contributed by atoms with Crippen LogP contribution in [0.4, 0.5) is 15.8 Å². The number of sulfonamides is 1. The highest BCUT2D eigenvalue weighted by Gasteiger charge is 2.27. The third kappa shape index (κ3) is 6.63. The normalized spacial score (nSPS) is 11.0. The molecular formula is C29H26FN3O4S. The Kier molecular flexibility index (Phi) is 8.50. The van der Waals surface area contributed by atoms with Crippen LogP contribution in [0.1, 0.15) is 15.9 Å². The molecule has 0 aliphatic carbocycles. The summed E-state index contributed by atoms with van der Waals surface area (Å²) in [4.78, 5) is 25.9. The number of halogens is 1. The summed E-state index contributed by atoms with van der Waals surface area (Å²) < 4.78 is 41.3. The van der Waals surface area contributed by atoms with Crippen LogP contribution in [0.5, 0.6) is 0 Å². The molecule has 0 aliphatic rings. The van der Waals surface area contributed by atoms with E-state index in [4.69, 9.17) is 0 Å². The third-order valence-corrected chi connectivity index (χ3v) is 7.51. The highest BCUT2D eigenvalue weighted by molar-refractivity contribution is 7.92. The molecule has 4 rings (SSSR count). The first-order chi connectivity index (χ1) is 18.3. The topological polar surface area (TPSA) is 95.6 Å². The van der Waals surface area contributed by atoms with E-state index in [1.165, 1.54) is 24.3 Å². The van der Waals surface area contributed by atoms with E-state index in [-0.39, 0.29) is 27.7 Å². The Morgan fingerprint density at radius 1 is 0.763 bits per heavy atom. The van der Waals surface area contributed by atoms with E-state index < -0.39 is 28.3 Å². The number of hydrogen-bond donors (Lipinski definition) is 2. The average Bonchev–Trinajstić information content (AvgIpc) is 2.93. The van der Waals surface area contributed by atoms with Crippen molar-refractivity contribution in [2.75, 3.05) is 22.7 Å². The summed E-state index contributed by atoms with van der Waals surface area (Å²) in [6, 6.07) is 28.7. The number of nitrogens with zero attached hydrogens (tertiary/aromatic N) is 1. The summed E-state index contributed by atoms with van der Waals surface area (Å²) in [6.07, 6.45) is 0.644. The molecule has 0 bridgehead atoms. The maximum atomic E-state index is 13.5. The number of rotatable bonds is 10. The fraction of sp³-hybridized carbons (Fsp3) is 0.103. The van der Waals surface area contributed by atoms with E-state index in [0.717, 1.165) is 22.0 Å². The molecule has 4 aromatic carbocycles. The van der Waals surface area contributed by atoms with Crippen LogP contribution < -0.4 is 14.9 Å². The summed E-state index contributed by atoms with van der Waals surface area (Å²) in [5, 5.41) is 5.50.